The van der Waals surface area contributed by atoms with Crippen molar-refractivity contribution in [2.75, 3.05) is 5.32 Å². The van der Waals surface area contributed by atoms with Gasteiger partial charge >= 0.3 is 0 Å². The van der Waals surface area contributed by atoms with E-state index in [4.69, 9.17) is 4.52 Å². The lowest BCUT2D eigenvalue weighted by Crippen LogP contribution is -2.29. The van der Waals surface area contributed by atoms with E-state index in [9.17, 15) is 20.0 Å². The average Bonchev–Trinajstić information content (AvgIpc) is 3.37. The lowest BCUT2D eigenvalue weighted by molar-refractivity contribution is 0.101. The molecule has 0 aliphatic rings. The quantitative estimate of drug-likeness (QED) is 0.431. The molecule has 2 atom stereocenters. The molecular weight excluding hydrogens is 450 g/mol. The van der Waals surface area contributed by atoms with Crippen molar-refractivity contribution in [3.8, 4) is 11.8 Å². The van der Waals surface area contributed by atoms with Crippen LogP contribution in [-0.2, 0) is 7.05 Å². The predicted octanol–water partition coefficient (Wildman–Crippen LogP) is 2.63. The van der Waals surface area contributed by atoms with Crippen molar-refractivity contribution in [2.45, 2.75) is 25.7 Å². The number of aromatic hydroxyl groups is 1. The van der Waals surface area contributed by atoms with Gasteiger partial charge in [0.15, 0.2) is 5.69 Å². The van der Waals surface area contributed by atoms with Crippen molar-refractivity contribution < 1.29 is 14.4 Å². The van der Waals surface area contributed by atoms with Crippen molar-refractivity contribution in [1.82, 2.24) is 24.7 Å². The largest absolute Gasteiger partial charge is 0.501 e. The van der Waals surface area contributed by atoms with Gasteiger partial charge in [0.25, 0.3) is 11.5 Å². The second-order valence-corrected chi connectivity index (χ2v) is 7.95. The van der Waals surface area contributed by atoms with Crippen LogP contribution in [0.15, 0.2) is 58.4 Å². The SMILES string of the molecule is Cc1cnc([C@H](c2ccccc2C#N)[C@H](C)c2nc(C(=O)Nc3cnoc3)c(O)c(=O)n2C)cn1. The fourth-order valence-corrected chi connectivity index (χ4v) is 3.90. The van der Waals surface area contributed by atoms with Crippen LogP contribution in [-0.4, -0.2) is 35.7 Å². The number of aromatic nitrogens is 5. The van der Waals surface area contributed by atoms with E-state index >= 15 is 0 Å². The Morgan fingerprint density at radius 1 is 1.23 bits per heavy atom. The van der Waals surface area contributed by atoms with Gasteiger partial charge in [0.1, 0.15) is 17.8 Å². The molecule has 2 N–H and O–H groups in total. The van der Waals surface area contributed by atoms with Gasteiger partial charge in [-0.2, -0.15) is 5.26 Å². The van der Waals surface area contributed by atoms with Crippen LogP contribution in [0.3, 0.4) is 0 Å². The fraction of sp³-hybridized carbons (Fsp3) is 0.208. The van der Waals surface area contributed by atoms with Gasteiger partial charge in [-0.3, -0.25) is 24.1 Å². The van der Waals surface area contributed by atoms with E-state index < -0.39 is 34.7 Å². The summed E-state index contributed by atoms with van der Waals surface area (Å²) in [5.41, 5.74) is 1.37. The van der Waals surface area contributed by atoms with E-state index in [0.29, 0.717) is 16.8 Å². The standard InChI is InChI=1S/C24H21N7O4/c1-13-9-27-18(11-26-13)19(17-7-5-4-6-15(17)8-25)14(2)22-30-20(21(32)24(34)31(22)3)23(33)29-16-10-28-35-12-16/h4-7,9-12,14,19,32H,1-3H3,(H,29,33)/t14-,19-/m0/s1. The molecule has 11 nitrogen and oxygen atoms in total. The van der Waals surface area contributed by atoms with Gasteiger partial charge in [-0.1, -0.05) is 30.3 Å². The number of carbonyl (C=O) groups excluding carboxylic acids is 1. The lowest BCUT2D eigenvalue weighted by atomic mass is 9.82. The van der Waals surface area contributed by atoms with Crippen LogP contribution < -0.4 is 10.9 Å². The van der Waals surface area contributed by atoms with E-state index in [1.165, 1.54) is 24.1 Å². The zero-order valence-corrected chi connectivity index (χ0v) is 19.1. The second-order valence-electron chi connectivity index (χ2n) is 7.95. The van der Waals surface area contributed by atoms with Crippen molar-refractivity contribution >= 4 is 11.6 Å². The van der Waals surface area contributed by atoms with Crippen LogP contribution in [0.2, 0.25) is 0 Å². The molecule has 0 aliphatic heterocycles. The highest BCUT2D eigenvalue weighted by atomic mass is 16.5. The zero-order valence-electron chi connectivity index (χ0n) is 19.1. The van der Waals surface area contributed by atoms with Gasteiger partial charge in [-0.25, -0.2) is 4.98 Å². The highest BCUT2D eigenvalue weighted by Crippen LogP contribution is 2.38. The summed E-state index contributed by atoms with van der Waals surface area (Å²) in [4.78, 5) is 38.9. The first-order valence-corrected chi connectivity index (χ1v) is 10.6. The molecule has 0 unspecified atom stereocenters. The van der Waals surface area contributed by atoms with Crippen molar-refractivity contribution in [3.05, 3.63) is 93.5 Å². The summed E-state index contributed by atoms with van der Waals surface area (Å²) >= 11 is 0. The van der Waals surface area contributed by atoms with Crippen LogP contribution in [0.5, 0.6) is 5.75 Å². The second kappa shape index (κ2) is 9.56. The first kappa shape index (κ1) is 23.3. The Morgan fingerprint density at radius 3 is 2.66 bits per heavy atom. The maximum Gasteiger partial charge on any atom is 0.296 e. The number of amides is 1. The number of rotatable bonds is 6. The molecule has 4 aromatic rings. The Balaban J connectivity index is 1.86. The minimum Gasteiger partial charge on any atom is -0.501 e. The van der Waals surface area contributed by atoms with Gasteiger partial charge in [0.05, 0.1) is 29.2 Å². The third kappa shape index (κ3) is 4.49. The average molecular weight is 471 g/mol. The molecule has 0 bridgehead atoms. The maximum absolute atomic E-state index is 12.9. The number of hydrogen-bond acceptors (Lipinski definition) is 9. The molecular formula is C24H21N7O4. The van der Waals surface area contributed by atoms with Crippen molar-refractivity contribution in [2.24, 2.45) is 7.05 Å². The topological polar surface area (TPSA) is 160 Å². The molecule has 35 heavy (non-hydrogen) atoms. The first-order valence-electron chi connectivity index (χ1n) is 10.6. The Kier molecular flexibility index (Phi) is 6.37. The minimum absolute atomic E-state index is 0.211. The Bertz CT molecular complexity index is 1470. The summed E-state index contributed by atoms with van der Waals surface area (Å²) in [5.74, 6) is -2.47. The predicted molar refractivity (Wildman–Crippen MR) is 124 cm³/mol. The molecule has 3 aromatic heterocycles. The summed E-state index contributed by atoms with van der Waals surface area (Å²) in [5, 5.41) is 26.1. The normalized spacial score (nSPS) is 12.5. The molecule has 3 heterocycles. The Morgan fingerprint density at radius 2 is 2.00 bits per heavy atom. The molecule has 1 amide bonds. The van der Waals surface area contributed by atoms with Crippen LogP contribution in [0, 0.1) is 18.3 Å². The summed E-state index contributed by atoms with van der Waals surface area (Å²) < 4.78 is 5.87. The number of anilines is 1. The fourth-order valence-electron chi connectivity index (χ4n) is 3.90. The van der Waals surface area contributed by atoms with Gasteiger partial charge in [-0.05, 0) is 18.6 Å². The number of hydrogen-bond donors (Lipinski definition) is 2. The van der Waals surface area contributed by atoms with Gasteiger partial charge in [0.2, 0.25) is 5.75 Å². The van der Waals surface area contributed by atoms with Crippen LogP contribution in [0.4, 0.5) is 5.69 Å². The van der Waals surface area contributed by atoms with Gasteiger partial charge < -0.3 is 14.9 Å². The summed E-state index contributed by atoms with van der Waals surface area (Å²) in [7, 11) is 1.46. The van der Waals surface area contributed by atoms with E-state index in [2.05, 4.69) is 31.5 Å². The molecule has 0 saturated heterocycles. The molecule has 1 aromatic carbocycles. The maximum atomic E-state index is 12.9. The van der Waals surface area contributed by atoms with Crippen LogP contribution >= 0.6 is 0 Å². The van der Waals surface area contributed by atoms with E-state index in [0.717, 1.165) is 5.69 Å². The third-order valence-corrected chi connectivity index (χ3v) is 5.65. The number of nitrogens with one attached hydrogen (secondary N) is 1. The number of benzene rings is 1. The van der Waals surface area contributed by atoms with E-state index in [1.807, 2.05) is 6.92 Å². The lowest BCUT2D eigenvalue weighted by Gasteiger charge is -2.26. The Hall–Kier alpha value is -4.85. The van der Waals surface area contributed by atoms with Gasteiger partial charge in [-0.15, -0.1) is 0 Å². The highest BCUT2D eigenvalue weighted by Gasteiger charge is 2.31. The zero-order chi connectivity index (χ0) is 25.1. The Labute approximate surface area is 199 Å². The van der Waals surface area contributed by atoms with Gasteiger partial charge in [0, 0.05) is 31.3 Å². The monoisotopic (exact) mass is 471 g/mol. The van der Waals surface area contributed by atoms with Crippen LogP contribution in [0.1, 0.15) is 57.6 Å². The number of carbonyl (C=O) groups is 1. The number of nitriles is 1. The number of aryl methyl sites for hydroxylation is 1. The number of nitrogens with zero attached hydrogens (tertiary/aromatic N) is 6. The minimum atomic E-state index is -0.805. The molecule has 11 heteroatoms. The molecule has 0 radical (unpaired) electrons. The molecule has 0 spiro atoms. The summed E-state index contributed by atoms with van der Waals surface area (Å²) in [6.45, 7) is 3.62. The highest BCUT2D eigenvalue weighted by molar-refractivity contribution is 6.04. The molecule has 0 aliphatic carbocycles. The summed E-state index contributed by atoms with van der Waals surface area (Å²) in [6, 6.07) is 9.25. The molecule has 0 saturated carbocycles. The van der Waals surface area contributed by atoms with Crippen LogP contribution in [0.25, 0.3) is 0 Å². The first-order chi connectivity index (χ1) is 16.8. The molecule has 176 valence electrons. The van der Waals surface area contributed by atoms with E-state index in [-0.39, 0.29) is 11.5 Å². The smallest absolute Gasteiger partial charge is 0.296 e. The van der Waals surface area contributed by atoms with E-state index in [1.54, 1.807) is 43.6 Å². The molecule has 0 fully saturated rings. The summed E-state index contributed by atoms with van der Waals surface area (Å²) in [6.07, 6.45) is 5.70. The molecule has 4 rings (SSSR count). The van der Waals surface area contributed by atoms with Crippen molar-refractivity contribution in [1.29, 1.82) is 5.26 Å². The van der Waals surface area contributed by atoms with Crippen molar-refractivity contribution in [3.63, 3.8) is 0 Å². The third-order valence-electron chi connectivity index (χ3n) is 5.65.